The van der Waals surface area contributed by atoms with Gasteiger partial charge in [0.25, 0.3) is 7.82 Å². The highest BCUT2D eigenvalue weighted by molar-refractivity contribution is 7.45. The van der Waals surface area contributed by atoms with Crippen LogP contribution in [0.15, 0.2) is 12.2 Å². The highest BCUT2D eigenvalue weighted by atomic mass is 31.2. The lowest BCUT2D eigenvalue weighted by molar-refractivity contribution is -0.870. The van der Waals surface area contributed by atoms with Crippen molar-refractivity contribution in [3.63, 3.8) is 0 Å². The summed E-state index contributed by atoms with van der Waals surface area (Å²) in [6, 6.07) is 0. The standard InChI is InChI=1S/C33H64NO8P/c1-6-8-9-10-11-12-13-14-15-16-17-18-19-20-21-22-23-24-26-33(36)42-31(29-39-32(35)25-7-2)30-41-43(37,38)40-28-27-34(3,4)5/h15-16,31H,6-14,17-30H2,1-5H3/b16-15-. The summed E-state index contributed by atoms with van der Waals surface area (Å²) < 4.78 is 33.0. The number of hydrogen-bond acceptors (Lipinski definition) is 8. The molecule has 9 nitrogen and oxygen atoms in total. The number of phosphoric acid groups is 1. The molecular formula is C33H64NO8P. The van der Waals surface area contributed by atoms with Gasteiger partial charge in [0.2, 0.25) is 0 Å². The van der Waals surface area contributed by atoms with Crippen LogP contribution in [0.25, 0.3) is 0 Å². The van der Waals surface area contributed by atoms with Crippen molar-refractivity contribution >= 4 is 19.8 Å². The second-order valence-corrected chi connectivity index (χ2v) is 13.9. The van der Waals surface area contributed by atoms with E-state index in [4.69, 9.17) is 18.5 Å². The summed E-state index contributed by atoms with van der Waals surface area (Å²) in [5.41, 5.74) is 0. The molecule has 0 spiro atoms. The van der Waals surface area contributed by atoms with Crippen LogP contribution in [0.1, 0.15) is 136 Å². The summed E-state index contributed by atoms with van der Waals surface area (Å²) in [7, 11) is 1.16. The largest absolute Gasteiger partial charge is 0.756 e. The van der Waals surface area contributed by atoms with Crippen LogP contribution in [0.4, 0.5) is 0 Å². The van der Waals surface area contributed by atoms with Crippen LogP contribution in [0.2, 0.25) is 0 Å². The number of ether oxygens (including phenoxy) is 2. The summed E-state index contributed by atoms with van der Waals surface area (Å²) in [4.78, 5) is 36.3. The fourth-order valence-electron chi connectivity index (χ4n) is 4.33. The van der Waals surface area contributed by atoms with E-state index < -0.39 is 32.5 Å². The zero-order valence-electron chi connectivity index (χ0n) is 28.2. The number of unbranched alkanes of at least 4 members (excludes halogenated alkanes) is 14. The molecule has 0 radical (unpaired) electrons. The molecule has 0 saturated heterocycles. The molecule has 0 aromatic heterocycles. The van der Waals surface area contributed by atoms with Crippen molar-refractivity contribution in [1.82, 2.24) is 0 Å². The lowest BCUT2D eigenvalue weighted by atomic mass is 10.1. The fraction of sp³-hybridized carbons (Fsp3) is 0.879. The van der Waals surface area contributed by atoms with Gasteiger partial charge in [-0.15, -0.1) is 0 Å². The minimum Gasteiger partial charge on any atom is -0.756 e. The lowest BCUT2D eigenvalue weighted by Crippen LogP contribution is -2.37. The molecule has 0 aliphatic rings. The van der Waals surface area contributed by atoms with E-state index in [1.165, 1.54) is 70.6 Å². The molecule has 0 heterocycles. The number of allylic oxidation sites excluding steroid dienone is 2. The minimum absolute atomic E-state index is 0.0311. The molecule has 0 N–H and O–H groups in total. The quantitative estimate of drug-likeness (QED) is 0.0261. The Balaban J connectivity index is 4.09. The third-order valence-electron chi connectivity index (χ3n) is 7.01. The Morgan fingerprint density at radius 1 is 0.698 bits per heavy atom. The van der Waals surface area contributed by atoms with Crippen molar-refractivity contribution in [2.45, 2.75) is 142 Å². The highest BCUT2D eigenvalue weighted by Gasteiger charge is 2.21. The number of nitrogens with zero attached hydrogens (tertiary/aromatic N) is 1. The van der Waals surface area contributed by atoms with Crippen LogP contribution in [0.3, 0.4) is 0 Å². The molecule has 0 fully saturated rings. The van der Waals surface area contributed by atoms with E-state index in [-0.39, 0.29) is 26.1 Å². The van der Waals surface area contributed by atoms with Gasteiger partial charge in [-0.3, -0.25) is 14.2 Å². The molecule has 0 aliphatic carbocycles. The molecule has 0 rings (SSSR count). The molecule has 2 atom stereocenters. The number of phosphoric ester groups is 1. The van der Waals surface area contributed by atoms with E-state index in [0.717, 1.165) is 25.7 Å². The van der Waals surface area contributed by atoms with Gasteiger partial charge in [-0.2, -0.15) is 0 Å². The Kier molecular flexibility index (Phi) is 26.3. The van der Waals surface area contributed by atoms with Gasteiger partial charge < -0.3 is 27.9 Å². The molecule has 2 unspecified atom stereocenters. The van der Waals surface area contributed by atoms with Gasteiger partial charge in [-0.25, -0.2) is 0 Å². The van der Waals surface area contributed by atoms with Crippen molar-refractivity contribution in [3.8, 4) is 0 Å². The van der Waals surface area contributed by atoms with Gasteiger partial charge in [0.05, 0.1) is 27.7 Å². The lowest BCUT2D eigenvalue weighted by Gasteiger charge is -2.28. The van der Waals surface area contributed by atoms with Gasteiger partial charge in [0.15, 0.2) is 6.10 Å². The highest BCUT2D eigenvalue weighted by Crippen LogP contribution is 2.38. The molecular weight excluding hydrogens is 569 g/mol. The molecule has 0 amide bonds. The van der Waals surface area contributed by atoms with Gasteiger partial charge in [-0.1, -0.05) is 96.6 Å². The fourth-order valence-corrected chi connectivity index (χ4v) is 5.06. The Labute approximate surface area is 263 Å². The summed E-state index contributed by atoms with van der Waals surface area (Å²) in [6.07, 6.45) is 24.1. The number of rotatable bonds is 30. The minimum atomic E-state index is -4.59. The third kappa shape index (κ3) is 30.6. The maximum atomic E-state index is 12.4. The van der Waals surface area contributed by atoms with Gasteiger partial charge in [0, 0.05) is 12.8 Å². The molecule has 0 saturated carbocycles. The second-order valence-electron chi connectivity index (χ2n) is 12.5. The topological polar surface area (TPSA) is 111 Å². The molecule has 0 bridgehead atoms. The summed E-state index contributed by atoms with van der Waals surface area (Å²) in [6.45, 7) is 3.81. The van der Waals surface area contributed by atoms with E-state index in [1.807, 2.05) is 28.1 Å². The Hall–Kier alpha value is -1.25. The Morgan fingerprint density at radius 2 is 1.23 bits per heavy atom. The van der Waals surface area contributed by atoms with Crippen molar-refractivity contribution in [1.29, 1.82) is 0 Å². The first-order chi connectivity index (χ1) is 20.5. The Bertz CT molecular complexity index is 768. The first-order valence-corrected chi connectivity index (χ1v) is 18.4. The van der Waals surface area contributed by atoms with Gasteiger partial charge in [-0.05, 0) is 38.5 Å². The van der Waals surface area contributed by atoms with Crippen molar-refractivity contribution in [2.24, 2.45) is 0 Å². The van der Waals surface area contributed by atoms with Crippen LogP contribution in [0.5, 0.6) is 0 Å². The van der Waals surface area contributed by atoms with E-state index in [2.05, 4.69) is 19.1 Å². The average Bonchev–Trinajstić information content (AvgIpc) is 2.93. The van der Waals surface area contributed by atoms with E-state index >= 15 is 0 Å². The maximum absolute atomic E-state index is 12.4. The third-order valence-corrected chi connectivity index (χ3v) is 7.97. The Morgan fingerprint density at radius 3 is 1.77 bits per heavy atom. The summed E-state index contributed by atoms with van der Waals surface area (Å²) >= 11 is 0. The number of esters is 2. The monoisotopic (exact) mass is 633 g/mol. The first-order valence-electron chi connectivity index (χ1n) is 16.9. The molecule has 10 heteroatoms. The van der Waals surface area contributed by atoms with E-state index in [0.29, 0.717) is 23.9 Å². The average molecular weight is 634 g/mol. The molecule has 43 heavy (non-hydrogen) atoms. The predicted molar refractivity (Wildman–Crippen MR) is 171 cm³/mol. The number of quaternary nitrogens is 1. The maximum Gasteiger partial charge on any atom is 0.306 e. The SMILES string of the molecule is CCCCCCCCC/C=C\CCCCCCCCCC(=O)OC(COC(=O)CCC)COP(=O)([O-])OCC[N+](C)(C)C. The zero-order chi connectivity index (χ0) is 32.2. The molecule has 0 aliphatic heterocycles. The predicted octanol–water partition coefficient (Wildman–Crippen LogP) is 7.66. The van der Waals surface area contributed by atoms with Gasteiger partial charge in [0.1, 0.15) is 19.8 Å². The van der Waals surface area contributed by atoms with E-state index in [1.54, 1.807) is 0 Å². The number of likely N-dealkylation sites (N-methyl/N-ethyl adjacent to an activating group) is 1. The van der Waals surface area contributed by atoms with E-state index in [9.17, 15) is 19.0 Å². The van der Waals surface area contributed by atoms with Crippen molar-refractivity contribution < 1.29 is 42.1 Å². The molecule has 0 aromatic carbocycles. The summed E-state index contributed by atoms with van der Waals surface area (Å²) in [5.74, 6) is -0.900. The second kappa shape index (κ2) is 27.1. The van der Waals surface area contributed by atoms with Crippen molar-refractivity contribution in [3.05, 3.63) is 12.2 Å². The summed E-state index contributed by atoms with van der Waals surface area (Å²) in [5, 5.41) is 0. The van der Waals surface area contributed by atoms with Crippen LogP contribution < -0.4 is 4.89 Å². The van der Waals surface area contributed by atoms with Crippen LogP contribution in [0, 0.1) is 0 Å². The zero-order valence-corrected chi connectivity index (χ0v) is 29.1. The smallest absolute Gasteiger partial charge is 0.306 e. The van der Waals surface area contributed by atoms with Crippen molar-refractivity contribution in [2.75, 3.05) is 47.5 Å². The molecule has 0 aromatic rings. The molecule has 254 valence electrons. The van der Waals surface area contributed by atoms with Crippen LogP contribution in [-0.4, -0.2) is 70.0 Å². The number of carbonyl (C=O) groups is 2. The number of carbonyl (C=O) groups excluding carboxylic acids is 2. The first kappa shape index (κ1) is 41.8. The van der Waals surface area contributed by atoms with Gasteiger partial charge >= 0.3 is 11.9 Å². The normalized spacial score (nSPS) is 14.1. The van der Waals surface area contributed by atoms with Crippen LogP contribution in [-0.2, 0) is 32.7 Å². The van der Waals surface area contributed by atoms with Crippen LogP contribution >= 0.6 is 7.82 Å². The number of hydrogen-bond donors (Lipinski definition) is 0.